The molecule has 1 aliphatic heterocycles. The zero-order valence-corrected chi connectivity index (χ0v) is 18.0. The van der Waals surface area contributed by atoms with Gasteiger partial charge in [-0.1, -0.05) is 17.4 Å². The molecule has 2 aromatic rings. The summed E-state index contributed by atoms with van der Waals surface area (Å²) in [7, 11) is 1.39. The van der Waals surface area contributed by atoms with Crippen LogP contribution in [0.5, 0.6) is 0 Å². The number of likely N-dealkylation sites (tertiary alicyclic amines) is 1. The van der Waals surface area contributed by atoms with Crippen LogP contribution >= 0.6 is 11.3 Å². The minimum Gasteiger partial charge on any atom is -0.403 e. The number of halogens is 4. The van der Waals surface area contributed by atoms with Crippen LogP contribution in [0.1, 0.15) is 29.8 Å². The quantitative estimate of drug-likeness (QED) is 0.361. The van der Waals surface area contributed by atoms with E-state index in [4.69, 9.17) is 11.5 Å². The van der Waals surface area contributed by atoms with Crippen molar-refractivity contribution in [2.45, 2.75) is 25.2 Å². The predicted molar refractivity (Wildman–Crippen MR) is 115 cm³/mol. The Morgan fingerprint density at radius 3 is 2.62 bits per heavy atom. The van der Waals surface area contributed by atoms with Crippen LogP contribution in [0.15, 0.2) is 35.1 Å². The van der Waals surface area contributed by atoms with E-state index in [0.29, 0.717) is 19.4 Å². The average Bonchev–Trinajstić information content (AvgIpc) is 3.01. The number of amides is 1. The Morgan fingerprint density at radius 2 is 2.00 bits per heavy atom. The molecule has 7 nitrogen and oxygen atoms in total. The van der Waals surface area contributed by atoms with Crippen molar-refractivity contribution in [1.29, 1.82) is 0 Å². The topological polar surface area (TPSA) is 110 Å². The Hall–Kier alpha value is -3.15. The molecule has 172 valence electrons. The summed E-state index contributed by atoms with van der Waals surface area (Å²) < 4.78 is 56.3. The van der Waals surface area contributed by atoms with E-state index >= 15 is 0 Å². The van der Waals surface area contributed by atoms with Crippen molar-refractivity contribution in [2.24, 2.45) is 10.7 Å². The summed E-state index contributed by atoms with van der Waals surface area (Å²) in [5.41, 5.74) is 10.8. The van der Waals surface area contributed by atoms with Crippen molar-refractivity contribution in [2.75, 3.05) is 25.9 Å². The van der Waals surface area contributed by atoms with Crippen LogP contribution < -0.4 is 16.8 Å². The summed E-state index contributed by atoms with van der Waals surface area (Å²) in [6, 6.07) is 3.33. The number of nitrogen functional groups attached to an aromatic ring is 1. The fourth-order valence-electron chi connectivity index (χ4n) is 3.39. The molecular formula is C20H22F4N6OS. The summed E-state index contributed by atoms with van der Waals surface area (Å²) in [6.45, 7) is -0.256. The molecule has 12 heteroatoms. The number of amidine groups is 1. The molecule has 0 unspecified atom stereocenters. The summed E-state index contributed by atoms with van der Waals surface area (Å²) in [5.74, 6) is -5.35. The van der Waals surface area contributed by atoms with Crippen LogP contribution in [-0.4, -0.2) is 47.7 Å². The highest BCUT2D eigenvalue weighted by atomic mass is 32.1. The molecule has 0 saturated carbocycles. The van der Waals surface area contributed by atoms with Crippen LogP contribution in [0.25, 0.3) is 10.6 Å². The number of hydrogen-bond donors (Lipinski definition) is 3. The Labute approximate surface area is 185 Å². The number of rotatable bonds is 4. The lowest BCUT2D eigenvalue weighted by Gasteiger charge is -2.28. The monoisotopic (exact) mass is 470 g/mol. The van der Waals surface area contributed by atoms with Gasteiger partial charge in [-0.15, -0.1) is 0 Å². The third-order valence-electron chi connectivity index (χ3n) is 4.85. The van der Waals surface area contributed by atoms with Gasteiger partial charge in [0.2, 0.25) is 0 Å². The van der Waals surface area contributed by atoms with E-state index in [1.54, 1.807) is 0 Å². The minimum atomic E-state index is -2.91. The molecule has 32 heavy (non-hydrogen) atoms. The predicted octanol–water partition coefficient (Wildman–Crippen LogP) is 3.35. The smallest absolute Gasteiger partial charge is 0.277 e. The maximum atomic E-state index is 14.1. The van der Waals surface area contributed by atoms with Crippen molar-refractivity contribution in [3.8, 4) is 10.6 Å². The molecular weight excluding hydrogens is 448 g/mol. The molecule has 5 N–H and O–H groups in total. The van der Waals surface area contributed by atoms with Crippen LogP contribution in [0, 0.1) is 11.6 Å². The summed E-state index contributed by atoms with van der Waals surface area (Å²) in [6.07, 6.45) is 1.68. The molecule has 1 aromatic carbocycles. The van der Waals surface area contributed by atoms with Gasteiger partial charge in [0.15, 0.2) is 5.69 Å². The molecule has 1 fully saturated rings. The molecule has 1 saturated heterocycles. The van der Waals surface area contributed by atoms with Gasteiger partial charge in [-0.3, -0.25) is 9.79 Å². The van der Waals surface area contributed by atoms with Gasteiger partial charge in [0.05, 0.1) is 17.8 Å². The van der Waals surface area contributed by atoms with E-state index in [2.05, 4.69) is 15.3 Å². The fourth-order valence-corrected chi connectivity index (χ4v) is 4.27. The number of carbonyl (C=O) groups is 1. The number of nitrogens with zero attached hydrogens (tertiary/aromatic N) is 3. The lowest BCUT2D eigenvalue weighted by atomic mass is 10.2. The second kappa shape index (κ2) is 9.55. The normalized spacial score (nSPS) is 17.2. The van der Waals surface area contributed by atoms with Gasteiger partial charge in [-0.2, -0.15) is 0 Å². The van der Waals surface area contributed by atoms with E-state index in [0.717, 1.165) is 29.7 Å². The van der Waals surface area contributed by atoms with Gasteiger partial charge in [0.25, 0.3) is 11.8 Å². The van der Waals surface area contributed by atoms with Crippen LogP contribution in [0.2, 0.25) is 0 Å². The molecule has 0 atom stereocenters. The van der Waals surface area contributed by atoms with Gasteiger partial charge >= 0.3 is 0 Å². The molecule has 0 spiro atoms. The maximum Gasteiger partial charge on any atom is 0.277 e. The molecule has 1 aliphatic rings. The average molecular weight is 470 g/mol. The number of aliphatic imine (C=N–C) groups is 1. The second-order valence-electron chi connectivity index (χ2n) is 7.14. The molecule has 1 aromatic heterocycles. The van der Waals surface area contributed by atoms with Crippen molar-refractivity contribution >= 4 is 28.1 Å². The first-order valence-corrected chi connectivity index (χ1v) is 10.5. The van der Waals surface area contributed by atoms with E-state index in [-0.39, 0.29) is 33.7 Å². The van der Waals surface area contributed by atoms with Gasteiger partial charge in [-0.05, 0) is 25.0 Å². The maximum absolute atomic E-state index is 14.1. The van der Waals surface area contributed by atoms with Gasteiger partial charge in [0.1, 0.15) is 27.5 Å². The number of benzene rings is 1. The molecule has 2 heterocycles. The van der Waals surface area contributed by atoms with Gasteiger partial charge in [-0.25, -0.2) is 22.5 Å². The number of nitrogens with one attached hydrogen (secondary N) is 1. The van der Waals surface area contributed by atoms with Crippen molar-refractivity contribution in [3.63, 3.8) is 0 Å². The first kappa shape index (κ1) is 23.5. The zero-order chi connectivity index (χ0) is 23.5. The number of nitrogens with two attached hydrogens (primary N) is 2. The summed E-state index contributed by atoms with van der Waals surface area (Å²) in [5, 5.41) is 2.28. The van der Waals surface area contributed by atoms with Crippen LogP contribution in [0.3, 0.4) is 0 Å². The number of thiazole rings is 1. The highest BCUT2D eigenvalue weighted by Gasteiger charge is 2.35. The number of anilines is 1. The van der Waals surface area contributed by atoms with E-state index in [9.17, 15) is 22.4 Å². The molecule has 0 aliphatic carbocycles. The molecule has 0 radical (unpaired) electrons. The largest absolute Gasteiger partial charge is 0.403 e. The number of alkyl halides is 2. The van der Waals surface area contributed by atoms with Crippen molar-refractivity contribution in [3.05, 3.63) is 47.4 Å². The summed E-state index contributed by atoms with van der Waals surface area (Å²) in [4.78, 5) is 22.2. The second-order valence-corrected chi connectivity index (χ2v) is 8.18. The highest BCUT2D eigenvalue weighted by molar-refractivity contribution is 7.19. The van der Waals surface area contributed by atoms with Gasteiger partial charge in [0, 0.05) is 26.2 Å². The number of carbonyl (C=O) groups excluding carboxylic acids is 1. The third-order valence-corrected chi connectivity index (χ3v) is 5.76. The molecule has 3 rings (SSSR count). The van der Waals surface area contributed by atoms with Gasteiger partial charge < -0.3 is 21.7 Å². The fraction of sp³-hybridized carbons (Fsp3) is 0.350. The van der Waals surface area contributed by atoms with Crippen LogP contribution in [-0.2, 0) is 0 Å². The van der Waals surface area contributed by atoms with Crippen LogP contribution in [0.4, 0.5) is 22.6 Å². The SMILES string of the molecule is CN=C(C(=CN)NC(=O)c1nc(-c2c(F)cccc2F)sc1N)N1CCCCC(F)(F)C1. The van der Waals surface area contributed by atoms with Crippen molar-refractivity contribution in [1.82, 2.24) is 15.2 Å². The Balaban J connectivity index is 1.85. The molecule has 1 amide bonds. The van der Waals surface area contributed by atoms with E-state index < -0.39 is 35.6 Å². The third kappa shape index (κ3) is 5.01. The number of hydrogen-bond acceptors (Lipinski definition) is 6. The molecule has 0 bridgehead atoms. The number of aromatic nitrogens is 1. The lowest BCUT2D eigenvalue weighted by Crippen LogP contribution is -2.44. The van der Waals surface area contributed by atoms with E-state index in [1.165, 1.54) is 18.0 Å². The van der Waals surface area contributed by atoms with Crippen molar-refractivity contribution < 1.29 is 22.4 Å². The minimum absolute atomic E-state index is 0.0128. The summed E-state index contributed by atoms with van der Waals surface area (Å²) >= 11 is 0.739. The standard InChI is InChI=1S/C20H22F4N6OS/c1-27-17(30-8-3-2-7-20(23,24)10-30)13(9-25)28-18(31)15-16(26)32-19(29-15)14-11(21)5-4-6-12(14)22/h4-6,9H,2-3,7-8,10,25-26H2,1H3,(H,28,31). The lowest BCUT2D eigenvalue weighted by molar-refractivity contribution is -0.0175. The van der Waals surface area contributed by atoms with E-state index in [1.807, 2.05) is 0 Å². The Bertz CT molecular complexity index is 1050. The first-order chi connectivity index (χ1) is 15.2. The highest BCUT2D eigenvalue weighted by Crippen LogP contribution is 2.33. The Kier molecular flexibility index (Phi) is 7.02. The zero-order valence-electron chi connectivity index (χ0n) is 17.2. The Morgan fingerprint density at radius 1 is 1.31 bits per heavy atom. The first-order valence-electron chi connectivity index (χ1n) is 9.70.